The van der Waals surface area contributed by atoms with Gasteiger partial charge >= 0.3 is 6.03 Å². The van der Waals surface area contributed by atoms with Gasteiger partial charge in [-0.1, -0.05) is 12.1 Å². The quantitative estimate of drug-likeness (QED) is 0.653. The number of carbonyl (C=O) groups excluding carboxylic acids is 2. The van der Waals surface area contributed by atoms with Gasteiger partial charge in [0, 0.05) is 23.8 Å². The summed E-state index contributed by atoms with van der Waals surface area (Å²) in [6.45, 7) is 1.68. The van der Waals surface area contributed by atoms with Gasteiger partial charge in [-0.3, -0.25) is 9.89 Å². The van der Waals surface area contributed by atoms with E-state index in [0.717, 1.165) is 10.9 Å². The second-order valence-corrected chi connectivity index (χ2v) is 6.63. The summed E-state index contributed by atoms with van der Waals surface area (Å²) in [5.74, 6) is -0.662. The Balaban J connectivity index is 1.72. The first-order valence-electron chi connectivity index (χ1n) is 8.69. The van der Waals surface area contributed by atoms with Crippen molar-refractivity contribution in [2.75, 3.05) is 11.9 Å². The summed E-state index contributed by atoms with van der Waals surface area (Å²) in [7, 11) is 1.67. The molecule has 8 heteroatoms. The van der Waals surface area contributed by atoms with E-state index in [1.165, 1.54) is 17.0 Å². The first kappa shape index (κ1) is 17.7. The van der Waals surface area contributed by atoms with Gasteiger partial charge in [0.25, 0.3) is 5.91 Å². The van der Waals surface area contributed by atoms with Crippen molar-refractivity contribution in [1.29, 1.82) is 0 Å². The number of halogens is 1. The lowest BCUT2D eigenvalue weighted by atomic mass is 9.94. The van der Waals surface area contributed by atoms with E-state index in [2.05, 4.69) is 20.8 Å². The average Bonchev–Trinajstić information content (AvgIpc) is 3.14. The standard InChI is InChI=1S/C20H18FN5O2/c1-11-17(18(24-20(28)23-11)12-3-5-14(21)6-4-12)19(27)26(2)15-7-8-16-13(9-15)10-22-25-16/h3-10,18H,1-2H3,(H,22,25)(H2,23,24,28). The number of rotatable bonds is 3. The summed E-state index contributed by atoms with van der Waals surface area (Å²) >= 11 is 0. The Kier molecular flexibility index (Phi) is 4.31. The minimum absolute atomic E-state index is 0.276. The number of nitrogens with zero attached hydrogens (tertiary/aromatic N) is 2. The number of aromatic amines is 1. The monoisotopic (exact) mass is 379 g/mol. The molecule has 7 nitrogen and oxygen atoms in total. The van der Waals surface area contributed by atoms with Crippen LogP contribution >= 0.6 is 0 Å². The highest BCUT2D eigenvalue weighted by Gasteiger charge is 2.33. The number of H-pyrrole nitrogens is 1. The van der Waals surface area contributed by atoms with Crippen LogP contribution in [0.15, 0.2) is 59.9 Å². The molecule has 1 unspecified atom stereocenters. The Morgan fingerprint density at radius 3 is 2.68 bits per heavy atom. The van der Waals surface area contributed by atoms with E-state index in [1.807, 2.05) is 18.2 Å². The van der Waals surface area contributed by atoms with Crippen LogP contribution in [0.2, 0.25) is 0 Å². The number of fused-ring (bicyclic) bond motifs is 1. The summed E-state index contributed by atoms with van der Waals surface area (Å²) in [5, 5.41) is 13.1. The molecule has 4 rings (SSSR count). The van der Waals surface area contributed by atoms with Gasteiger partial charge < -0.3 is 15.5 Å². The molecule has 0 saturated heterocycles. The normalized spacial score (nSPS) is 16.7. The van der Waals surface area contributed by atoms with Crippen LogP contribution in [0.25, 0.3) is 10.9 Å². The van der Waals surface area contributed by atoms with Gasteiger partial charge in [-0.05, 0) is 42.8 Å². The van der Waals surface area contributed by atoms with Crippen molar-refractivity contribution in [3.63, 3.8) is 0 Å². The highest BCUT2D eigenvalue weighted by Crippen LogP contribution is 2.30. The van der Waals surface area contributed by atoms with Crippen LogP contribution in [0.3, 0.4) is 0 Å². The summed E-state index contributed by atoms with van der Waals surface area (Å²) in [4.78, 5) is 26.8. The van der Waals surface area contributed by atoms with E-state index in [1.54, 1.807) is 32.3 Å². The highest BCUT2D eigenvalue weighted by atomic mass is 19.1. The number of hydrogen-bond donors (Lipinski definition) is 3. The number of nitrogens with one attached hydrogen (secondary N) is 3. The maximum atomic E-state index is 13.3. The number of anilines is 1. The SMILES string of the molecule is CC1=C(C(=O)N(C)c2ccc3[nH]ncc3c2)C(c2ccc(F)cc2)NC(=O)N1. The van der Waals surface area contributed by atoms with E-state index < -0.39 is 12.1 Å². The highest BCUT2D eigenvalue weighted by molar-refractivity contribution is 6.08. The molecule has 0 spiro atoms. The predicted molar refractivity (Wildman–Crippen MR) is 103 cm³/mol. The third-order valence-electron chi connectivity index (χ3n) is 4.82. The molecule has 142 valence electrons. The van der Waals surface area contributed by atoms with Crippen LogP contribution in [0, 0.1) is 5.82 Å². The zero-order chi connectivity index (χ0) is 19.8. The molecule has 3 amide bonds. The van der Waals surface area contributed by atoms with Gasteiger partial charge in [0.15, 0.2) is 0 Å². The third kappa shape index (κ3) is 3.09. The van der Waals surface area contributed by atoms with Crippen LogP contribution in [-0.4, -0.2) is 29.2 Å². The van der Waals surface area contributed by atoms with Crippen molar-refractivity contribution < 1.29 is 14.0 Å². The zero-order valence-corrected chi connectivity index (χ0v) is 15.3. The fourth-order valence-corrected chi connectivity index (χ4v) is 3.32. The molecular weight excluding hydrogens is 361 g/mol. The van der Waals surface area contributed by atoms with Crippen LogP contribution < -0.4 is 15.5 Å². The number of hydrogen-bond acceptors (Lipinski definition) is 3. The average molecular weight is 379 g/mol. The smallest absolute Gasteiger partial charge is 0.319 e. The molecule has 0 aliphatic carbocycles. The summed E-state index contributed by atoms with van der Waals surface area (Å²) in [5.41, 5.74) is 3.03. The van der Waals surface area contributed by atoms with E-state index >= 15 is 0 Å². The maximum absolute atomic E-state index is 13.3. The summed E-state index contributed by atoms with van der Waals surface area (Å²) in [6, 6.07) is 10.2. The first-order valence-corrected chi connectivity index (χ1v) is 8.69. The molecule has 3 N–H and O–H groups in total. The van der Waals surface area contributed by atoms with Crippen molar-refractivity contribution >= 4 is 28.5 Å². The van der Waals surface area contributed by atoms with Gasteiger partial charge in [-0.2, -0.15) is 5.10 Å². The van der Waals surface area contributed by atoms with Gasteiger partial charge in [0.1, 0.15) is 5.82 Å². The lowest BCUT2D eigenvalue weighted by Crippen LogP contribution is -2.47. The van der Waals surface area contributed by atoms with Crippen LogP contribution in [0.1, 0.15) is 18.5 Å². The van der Waals surface area contributed by atoms with E-state index in [0.29, 0.717) is 22.5 Å². The minimum atomic E-state index is -0.679. The van der Waals surface area contributed by atoms with Crippen LogP contribution in [-0.2, 0) is 4.79 Å². The number of likely N-dealkylation sites (N-methyl/N-ethyl adjacent to an activating group) is 1. The van der Waals surface area contributed by atoms with Gasteiger partial charge in [0.2, 0.25) is 0 Å². The summed E-state index contributed by atoms with van der Waals surface area (Å²) in [6.07, 6.45) is 1.69. The second kappa shape index (κ2) is 6.80. The number of urea groups is 1. The molecule has 2 aromatic carbocycles. The topological polar surface area (TPSA) is 90.1 Å². The number of aromatic nitrogens is 2. The molecule has 0 radical (unpaired) electrons. The van der Waals surface area contributed by atoms with Crippen molar-refractivity contribution in [3.8, 4) is 0 Å². The Hall–Kier alpha value is -3.68. The second-order valence-electron chi connectivity index (χ2n) is 6.63. The van der Waals surface area contributed by atoms with Crippen molar-refractivity contribution in [2.24, 2.45) is 0 Å². The molecular formula is C20H18FN5O2. The van der Waals surface area contributed by atoms with Crippen LogP contribution in [0.4, 0.5) is 14.9 Å². The minimum Gasteiger partial charge on any atom is -0.327 e. The molecule has 1 aliphatic rings. The number of benzene rings is 2. The molecule has 28 heavy (non-hydrogen) atoms. The van der Waals surface area contributed by atoms with E-state index in [-0.39, 0.29) is 11.7 Å². The van der Waals surface area contributed by atoms with Gasteiger partial charge in [0.05, 0.1) is 23.3 Å². The first-order chi connectivity index (χ1) is 13.4. The largest absolute Gasteiger partial charge is 0.327 e. The van der Waals surface area contributed by atoms with E-state index in [9.17, 15) is 14.0 Å². The van der Waals surface area contributed by atoms with Crippen molar-refractivity contribution in [2.45, 2.75) is 13.0 Å². The van der Waals surface area contributed by atoms with Crippen LogP contribution in [0.5, 0.6) is 0 Å². The number of amides is 3. The predicted octanol–water partition coefficient (Wildman–Crippen LogP) is 2.99. The molecule has 2 heterocycles. The fourth-order valence-electron chi connectivity index (χ4n) is 3.32. The molecule has 0 bridgehead atoms. The summed E-state index contributed by atoms with van der Waals surface area (Å²) < 4.78 is 13.3. The molecule has 3 aromatic rings. The lowest BCUT2D eigenvalue weighted by Gasteiger charge is -2.31. The van der Waals surface area contributed by atoms with Crippen molar-refractivity contribution in [1.82, 2.24) is 20.8 Å². The molecule has 0 fully saturated rings. The zero-order valence-electron chi connectivity index (χ0n) is 15.3. The Morgan fingerprint density at radius 1 is 1.18 bits per heavy atom. The third-order valence-corrected chi connectivity index (χ3v) is 4.82. The molecule has 1 aromatic heterocycles. The Morgan fingerprint density at radius 2 is 1.93 bits per heavy atom. The van der Waals surface area contributed by atoms with Gasteiger partial charge in [-0.25, -0.2) is 9.18 Å². The number of allylic oxidation sites excluding steroid dienone is 1. The molecule has 0 saturated carbocycles. The Labute approximate surface area is 160 Å². The molecule has 1 aliphatic heterocycles. The number of carbonyl (C=O) groups is 2. The lowest BCUT2D eigenvalue weighted by molar-refractivity contribution is -0.115. The fraction of sp³-hybridized carbons (Fsp3) is 0.150. The molecule has 1 atom stereocenters. The Bertz CT molecular complexity index is 1100. The van der Waals surface area contributed by atoms with Gasteiger partial charge in [-0.15, -0.1) is 0 Å². The van der Waals surface area contributed by atoms with Crippen molar-refractivity contribution in [3.05, 3.63) is 71.3 Å². The maximum Gasteiger partial charge on any atom is 0.319 e. The van der Waals surface area contributed by atoms with E-state index in [4.69, 9.17) is 0 Å².